The van der Waals surface area contributed by atoms with Crippen molar-refractivity contribution in [2.24, 2.45) is 0 Å². The van der Waals surface area contributed by atoms with Gasteiger partial charge in [-0.25, -0.2) is 0 Å². The van der Waals surface area contributed by atoms with Crippen molar-refractivity contribution >= 4 is 14.3 Å². The highest BCUT2D eigenvalue weighted by Gasteiger charge is 2.13. The molecule has 8 nitrogen and oxygen atoms in total. The Morgan fingerprint density at radius 3 is 1.40 bits per heavy atom. The van der Waals surface area contributed by atoms with Crippen LogP contribution in [0.1, 0.15) is 32.6 Å². The highest BCUT2D eigenvalue weighted by Crippen LogP contribution is 2.01. The maximum Gasteiger partial charge on any atom is 0.305 e. The van der Waals surface area contributed by atoms with E-state index in [1.807, 2.05) is 0 Å². The number of unbranched alkanes of at least 4 members (excludes halogenated alkanes) is 2. The van der Waals surface area contributed by atoms with Crippen LogP contribution in [0.4, 0.5) is 0 Å². The Bertz CT molecular complexity index is 377. The lowest BCUT2D eigenvalue weighted by atomic mass is 10.2. The smallest absolute Gasteiger partial charge is 0.305 e. The van der Waals surface area contributed by atoms with Crippen molar-refractivity contribution in [3.8, 4) is 0 Å². The lowest BCUT2D eigenvalue weighted by Crippen LogP contribution is -2.27. The molecule has 0 aromatic carbocycles. The fourth-order valence-corrected chi connectivity index (χ4v) is 2.89. The van der Waals surface area contributed by atoms with Crippen molar-refractivity contribution in [3.05, 3.63) is 0 Å². The summed E-state index contributed by atoms with van der Waals surface area (Å²) in [6.45, 7) is 14.7. The molecular formula is C21H44O8Si. The van der Waals surface area contributed by atoms with Gasteiger partial charge in [-0.2, -0.15) is 0 Å². The van der Waals surface area contributed by atoms with E-state index in [0.717, 1.165) is 19.3 Å². The zero-order valence-corrected chi connectivity index (χ0v) is 20.6. The van der Waals surface area contributed by atoms with Crippen molar-refractivity contribution in [1.82, 2.24) is 0 Å². The van der Waals surface area contributed by atoms with Crippen molar-refractivity contribution in [3.63, 3.8) is 0 Å². The fraction of sp³-hybridized carbons (Fsp3) is 0.952. The summed E-state index contributed by atoms with van der Waals surface area (Å²) in [5.74, 6) is -0.149. The van der Waals surface area contributed by atoms with Gasteiger partial charge in [0.15, 0.2) is 8.32 Å². The zero-order chi connectivity index (χ0) is 22.3. The predicted octanol–water partition coefficient (Wildman–Crippen LogP) is 3.04. The van der Waals surface area contributed by atoms with Gasteiger partial charge in [-0.05, 0) is 26.1 Å². The molecule has 0 unspecified atom stereocenters. The average molecular weight is 453 g/mol. The van der Waals surface area contributed by atoms with Crippen LogP contribution in [0.5, 0.6) is 0 Å². The molecule has 0 heterocycles. The van der Waals surface area contributed by atoms with Crippen LogP contribution in [-0.2, 0) is 37.6 Å². The molecule has 9 heteroatoms. The highest BCUT2D eigenvalue weighted by atomic mass is 28.4. The summed E-state index contributed by atoms with van der Waals surface area (Å²) < 4.78 is 37.8. The molecule has 180 valence electrons. The second-order valence-electron chi connectivity index (χ2n) is 7.70. The molecule has 0 saturated carbocycles. The molecule has 0 saturated heterocycles. The Labute approximate surface area is 183 Å². The van der Waals surface area contributed by atoms with Crippen LogP contribution in [0.25, 0.3) is 0 Å². The minimum absolute atomic E-state index is 0.149. The summed E-state index contributed by atoms with van der Waals surface area (Å²) in [6.07, 6.45) is 3.54. The topological polar surface area (TPSA) is 81.7 Å². The number of carbonyl (C=O) groups excluding carboxylic acids is 1. The van der Waals surface area contributed by atoms with Crippen LogP contribution in [0.2, 0.25) is 19.6 Å². The summed E-state index contributed by atoms with van der Waals surface area (Å²) in [5.41, 5.74) is 0. The van der Waals surface area contributed by atoms with E-state index in [2.05, 4.69) is 26.6 Å². The van der Waals surface area contributed by atoms with Gasteiger partial charge in [0.25, 0.3) is 0 Å². The molecule has 0 aliphatic carbocycles. The second kappa shape index (κ2) is 21.7. The first kappa shape index (κ1) is 29.4. The summed E-state index contributed by atoms with van der Waals surface area (Å²) in [7, 11) is -1.44. The molecule has 0 N–H and O–H groups in total. The van der Waals surface area contributed by atoms with Gasteiger partial charge >= 0.3 is 5.97 Å². The van der Waals surface area contributed by atoms with E-state index in [1.165, 1.54) is 0 Å². The number of carbonyl (C=O) groups is 1. The highest BCUT2D eigenvalue weighted by molar-refractivity contribution is 6.69. The molecular weight excluding hydrogens is 408 g/mol. The van der Waals surface area contributed by atoms with Gasteiger partial charge < -0.3 is 32.8 Å². The molecule has 0 aromatic rings. The lowest BCUT2D eigenvalue weighted by molar-refractivity contribution is -0.145. The Morgan fingerprint density at radius 2 is 1.00 bits per heavy atom. The molecule has 30 heavy (non-hydrogen) atoms. The third kappa shape index (κ3) is 25.5. The third-order valence-electron chi connectivity index (χ3n) is 3.73. The van der Waals surface area contributed by atoms with Crippen LogP contribution in [0.3, 0.4) is 0 Å². The first-order chi connectivity index (χ1) is 14.5. The van der Waals surface area contributed by atoms with E-state index in [4.69, 9.17) is 32.8 Å². The Balaban J connectivity index is 3.10. The van der Waals surface area contributed by atoms with Gasteiger partial charge in [-0.15, -0.1) is 0 Å². The van der Waals surface area contributed by atoms with Gasteiger partial charge in [0.1, 0.15) is 6.61 Å². The van der Waals surface area contributed by atoms with Crippen molar-refractivity contribution < 1.29 is 37.6 Å². The maximum atomic E-state index is 11.4. The van der Waals surface area contributed by atoms with Gasteiger partial charge in [-0.3, -0.25) is 4.79 Å². The molecule has 0 rings (SSSR count). The van der Waals surface area contributed by atoms with E-state index in [1.54, 1.807) is 0 Å². The molecule has 0 fully saturated rings. The molecule has 0 aliphatic rings. The number of rotatable bonds is 23. The third-order valence-corrected chi connectivity index (χ3v) is 4.80. The van der Waals surface area contributed by atoms with E-state index in [0.29, 0.717) is 85.7 Å². The van der Waals surface area contributed by atoms with Gasteiger partial charge in [0.2, 0.25) is 0 Å². The van der Waals surface area contributed by atoms with E-state index in [9.17, 15) is 4.79 Å². The summed E-state index contributed by atoms with van der Waals surface area (Å²) >= 11 is 0. The normalized spacial score (nSPS) is 11.7. The minimum atomic E-state index is -1.44. The van der Waals surface area contributed by atoms with Gasteiger partial charge in [0.05, 0.1) is 72.7 Å². The van der Waals surface area contributed by atoms with Crippen molar-refractivity contribution in [2.45, 2.75) is 52.2 Å². The first-order valence-electron chi connectivity index (χ1n) is 11.1. The molecule has 0 aromatic heterocycles. The zero-order valence-electron chi connectivity index (χ0n) is 19.6. The standard InChI is InChI=1S/C21H44O8Si/c1-5-6-7-8-21(22)28-19-17-26-15-13-24-11-9-23-10-12-25-14-16-27-18-20-29-30(2,3)4/h5-20H2,1-4H3. The molecule has 0 bridgehead atoms. The van der Waals surface area contributed by atoms with Crippen LogP contribution < -0.4 is 0 Å². The van der Waals surface area contributed by atoms with Crippen molar-refractivity contribution in [2.75, 3.05) is 79.3 Å². The number of ether oxygens (including phenoxy) is 6. The van der Waals surface area contributed by atoms with Crippen LogP contribution in [0.15, 0.2) is 0 Å². The Hall–Kier alpha value is -0.553. The maximum absolute atomic E-state index is 11.4. The van der Waals surface area contributed by atoms with Crippen LogP contribution in [-0.4, -0.2) is 93.6 Å². The number of esters is 1. The largest absolute Gasteiger partial charge is 0.463 e. The Morgan fingerprint density at radius 1 is 0.600 bits per heavy atom. The van der Waals surface area contributed by atoms with Crippen LogP contribution >= 0.6 is 0 Å². The van der Waals surface area contributed by atoms with Gasteiger partial charge in [0, 0.05) is 6.42 Å². The summed E-state index contributed by atoms with van der Waals surface area (Å²) in [4.78, 5) is 11.4. The van der Waals surface area contributed by atoms with E-state index < -0.39 is 8.32 Å². The van der Waals surface area contributed by atoms with E-state index in [-0.39, 0.29) is 5.97 Å². The quantitative estimate of drug-likeness (QED) is 0.133. The summed E-state index contributed by atoms with van der Waals surface area (Å²) in [6, 6.07) is 0. The minimum Gasteiger partial charge on any atom is -0.463 e. The van der Waals surface area contributed by atoms with Crippen molar-refractivity contribution in [1.29, 1.82) is 0 Å². The molecule has 0 radical (unpaired) electrons. The predicted molar refractivity (Wildman–Crippen MR) is 118 cm³/mol. The lowest BCUT2D eigenvalue weighted by Gasteiger charge is -2.16. The Kier molecular flexibility index (Phi) is 21.3. The average Bonchev–Trinajstić information content (AvgIpc) is 2.69. The second-order valence-corrected chi connectivity index (χ2v) is 12.2. The monoisotopic (exact) mass is 452 g/mol. The van der Waals surface area contributed by atoms with Gasteiger partial charge in [-0.1, -0.05) is 19.8 Å². The molecule has 0 aliphatic heterocycles. The van der Waals surface area contributed by atoms with Crippen LogP contribution in [0, 0.1) is 0 Å². The van der Waals surface area contributed by atoms with E-state index >= 15 is 0 Å². The number of hydrogen-bond donors (Lipinski definition) is 0. The number of hydrogen-bond acceptors (Lipinski definition) is 8. The SMILES string of the molecule is CCCCCC(=O)OCCOCCOCCOCCOCCOCCO[Si](C)(C)C. The fourth-order valence-electron chi connectivity index (χ4n) is 2.19. The molecule has 0 amide bonds. The molecule has 0 spiro atoms. The summed E-state index contributed by atoms with van der Waals surface area (Å²) in [5, 5.41) is 0. The molecule has 0 atom stereocenters. The first-order valence-corrected chi connectivity index (χ1v) is 14.5.